The minimum absolute atomic E-state index is 0.107. The third-order valence-corrected chi connectivity index (χ3v) is 4.77. The standard InChI is InChI=1S/C27H26O/c1-21(2)18-25(22-12-6-3-7-13-22)19-26(23-14-8-4-9-15-23)20-27(28)24-16-10-5-11-17-24/h3-17,26H,19-20H2,1-2H3/t26-/m1/s1. The van der Waals surface area contributed by atoms with Gasteiger partial charge in [0.2, 0.25) is 0 Å². The molecule has 0 unspecified atom stereocenters. The number of rotatable bonds is 7. The molecule has 0 amide bonds. The zero-order valence-electron chi connectivity index (χ0n) is 16.6. The Hall–Kier alpha value is -3.15. The summed E-state index contributed by atoms with van der Waals surface area (Å²) in [4.78, 5) is 12.9. The zero-order chi connectivity index (χ0) is 19.8. The van der Waals surface area contributed by atoms with Gasteiger partial charge >= 0.3 is 0 Å². The van der Waals surface area contributed by atoms with Crippen LogP contribution in [0, 0.1) is 0 Å². The van der Waals surface area contributed by atoms with Crippen molar-refractivity contribution >= 4 is 11.4 Å². The van der Waals surface area contributed by atoms with Crippen LogP contribution in [-0.2, 0) is 0 Å². The average molecular weight is 367 g/mol. The average Bonchev–Trinajstić information content (AvgIpc) is 2.74. The summed E-state index contributed by atoms with van der Waals surface area (Å²) in [5, 5.41) is 0. The molecule has 0 aliphatic heterocycles. The van der Waals surface area contributed by atoms with Crippen molar-refractivity contribution in [2.45, 2.75) is 32.6 Å². The summed E-state index contributed by atoms with van der Waals surface area (Å²) < 4.78 is 0. The maximum Gasteiger partial charge on any atom is 0.163 e. The summed E-state index contributed by atoms with van der Waals surface area (Å²) in [5.74, 6) is 0.287. The van der Waals surface area contributed by atoms with Gasteiger partial charge in [0.25, 0.3) is 0 Å². The van der Waals surface area contributed by atoms with Gasteiger partial charge in [0.15, 0.2) is 5.78 Å². The van der Waals surface area contributed by atoms with Gasteiger partial charge in [-0.3, -0.25) is 4.79 Å². The fraction of sp³-hybridized carbons (Fsp3) is 0.185. The number of hydrogen-bond donors (Lipinski definition) is 0. The van der Waals surface area contributed by atoms with Gasteiger partial charge < -0.3 is 0 Å². The maximum absolute atomic E-state index is 12.9. The van der Waals surface area contributed by atoms with Crippen LogP contribution in [0.1, 0.15) is 54.1 Å². The van der Waals surface area contributed by atoms with Crippen molar-refractivity contribution in [1.82, 2.24) is 0 Å². The quantitative estimate of drug-likeness (QED) is 0.322. The van der Waals surface area contributed by atoms with Crippen LogP contribution in [-0.4, -0.2) is 5.78 Å². The summed E-state index contributed by atoms with van der Waals surface area (Å²) in [6.45, 7) is 4.13. The fourth-order valence-corrected chi connectivity index (χ4v) is 3.43. The van der Waals surface area contributed by atoms with Crippen LogP contribution in [0.4, 0.5) is 0 Å². The fourth-order valence-electron chi connectivity index (χ4n) is 3.43. The first kappa shape index (κ1) is 19.6. The van der Waals surface area contributed by atoms with Gasteiger partial charge in [0.05, 0.1) is 0 Å². The smallest absolute Gasteiger partial charge is 0.163 e. The van der Waals surface area contributed by atoms with Crippen LogP contribution in [0.25, 0.3) is 5.57 Å². The molecule has 3 rings (SSSR count). The third-order valence-electron chi connectivity index (χ3n) is 4.77. The number of ketones is 1. The van der Waals surface area contributed by atoms with E-state index < -0.39 is 0 Å². The molecule has 28 heavy (non-hydrogen) atoms. The van der Waals surface area contributed by atoms with Crippen LogP contribution in [0.3, 0.4) is 0 Å². The Labute approximate surface area is 168 Å². The zero-order valence-corrected chi connectivity index (χ0v) is 16.6. The highest BCUT2D eigenvalue weighted by Gasteiger charge is 2.19. The Balaban J connectivity index is 1.95. The van der Waals surface area contributed by atoms with E-state index in [1.807, 2.05) is 54.6 Å². The van der Waals surface area contributed by atoms with Gasteiger partial charge in [-0.2, -0.15) is 0 Å². The number of Topliss-reactive ketones (excluding diaryl/α,β-unsaturated/α-hetero) is 1. The van der Waals surface area contributed by atoms with Gasteiger partial charge in [0, 0.05) is 17.6 Å². The van der Waals surface area contributed by atoms with E-state index in [1.54, 1.807) is 0 Å². The third kappa shape index (κ3) is 5.42. The molecule has 0 aliphatic carbocycles. The molecule has 0 aliphatic rings. The topological polar surface area (TPSA) is 17.1 Å². The lowest BCUT2D eigenvalue weighted by atomic mass is 9.84. The number of allylic oxidation sites excluding steroid dienone is 1. The molecular weight excluding hydrogens is 340 g/mol. The molecule has 140 valence electrons. The Morgan fingerprint density at radius 3 is 1.75 bits per heavy atom. The molecule has 3 aromatic rings. The Kier molecular flexibility index (Phi) is 6.78. The molecule has 1 atom stereocenters. The second-order valence-corrected chi connectivity index (χ2v) is 7.27. The van der Waals surface area contributed by atoms with E-state index in [4.69, 9.17) is 0 Å². The minimum Gasteiger partial charge on any atom is -0.294 e. The van der Waals surface area contributed by atoms with Gasteiger partial charge in [0.1, 0.15) is 0 Å². The molecule has 0 N–H and O–H groups in total. The summed E-state index contributed by atoms with van der Waals surface area (Å²) in [6.07, 6.45) is 1.26. The van der Waals surface area contributed by atoms with E-state index in [-0.39, 0.29) is 11.7 Å². The van der Waals surface area contributed by atoms with E-state index in [1.165, 1.54) is 5.56 Å². The lowest BCUT2D eigenvalue weighted by Gasteiger charge is -2.18. The van der Waals surface area contributed by atoms with Crippen molar-refractivity contribution in [3.8, 4) is 0 Å². The van der Waals surface area contributed by atoms with Crippen LogP contribution in [0.5, 0.6) is 0 Å². The summed E-state index contributed by atoms with van der Waals surface area (Å²) in [5.41, 5.74) is 8.95. The highest BCUT2D eigenvalue weighted by atomic mass is 16.1. The number of hydrogen-bond acceptors (Lipinski definition) is 1. The second kappa shape index (κ2) is 9.69. The highest BCUT2D eigenvalue weighted by molar-refractivity contribution is 5.96. The molecule has 0 saturated carbocycles. The number of benzene rings is 3. The van der Waals surface area contributed by atoms with Gasteiger partial charge in [-0.15, -0.1) is 5.73 Å². The first-order chi connectivity index (χ1) is 13.6. The monoisotopic (exact) mass is 366 g/mol. The van der Waals surface area contributed by atoms with Crippen LogP contribution < -0.4 is 0 Å². The molecule has 0 fully saturated rings. The maximum atomic E-state index is 12.9. The molecular formula is C27H26O. The summed E-state index contributed by atoms with van der Waals surface area (Å²) in [6, 6.07) is 30.3. The van der Waals surface area contributed by atoms with Gasteiger partial charge in [-0.25, -0.2) is 0 Å². The largest absolute Gasteiger partial charge is 0.294 e. The van der Waals surface area contributed by atoms with Crippen molar-refractivity contribution in [2.24, 2.45) is 0 Å². The number of carbonyl (C=O) groups is 1. The molecule has 0 bridgehead atoms. The Morgan fingerprint density at radius 2 is 1.21 bits per heavy atom. The molecule has 3 aromatic carbocycles. The molecule has 0 saturated heterocycles. The normalized spacial score (nSPS) is 11.4. The van der Waals surface area contributed by atoms with Crippen molar-refractivity contribution in [1.29, 1.82) is 0 Å². The Bertz CT molecular complexity index is 959. The second-order valence-electron chi connectivity index (χ2n) is 7.27. The van der Waals surface area contributed by atoms with Crippen LogP contribution in [0.15, 0.2) is 102 Å². The molecule has 1 nitrogen and oxygen atoms in total. The molecule has 0 aromatic heterocycles. The lowest BCUT2D eigenvalue weighted by molar-refractivity contribution is 0.0974. The molecule has 0 radical (unpaired) electrons. The first-order valence-corrected chi connectivity index (χ1v) is 9.75. The van der Waals surface area contributed by atoms with E-state index in [9.17, 15) is 4.79 Å². The molecule has 0 heterocycles. The molecule has 0 spiro atoms. The first-order valence-electron chi connectivity index (χ1n) is 9.75. The van der Waals surface area contributed by atoms with Gasteiger partial charge in [-0.05, 0) is 42.9 Å². The Morgan fingerprint density at radius 1 is 0.714 bits per heavy atom. The van der Waals surface area contributed by atoms with Crippen molar-refractivity contribution in [2.75, 3.05) is 0 Å². The van der Waals surface area contributed by atoms with Crippen molar-refractivity contribution in [3.63, 3.8) is 0 Å². The summed E-state index contributed by atoms with van der Waals surface area (Å²) in [7, 11) is 0. The summed E-state index contributed by atoms with van der Waals surface area (Å²) >= 11 is 0. The predicted molar refractivity (Wildman–Crippen MR) is 117 cm³/mol. The highest BCUT2D eigenvalue weighted by Crippen LogP contribution is 2.32. The lowest BCUT2D eigenvalue weighted by Crippen LogP contribution is -2.08. The van der Waals surface area contributed by atoms with Crippen LogP contribution >= 0.6 is 0 Å². The van der Waals surface area contributed by atoms with E-state index in [2.05, 4.69) is 56.0 Å². The predicted octanol–water partition coefficient (Wildman–Crippen LogP) is 7.08. The van der Waals surface area contributed by atoms with E-state index >= 15 is 0 Å². The van der Waals surface area contributed by atoms with E-state index in [0.717, 1.165) is 28.7 Å². The van der Waals surface area contributed by atoms with Crippen molar-refractivity contribution < 1.29 is 4.79 Å². The minimum atomic E-state index is 0.107. The van der Waals surface area contributed by atoms with Crippen LogP contribution in [0.2, 0.25) is 0 Å². The van der Waals surface area contributed by atoms with E-state index in [0.29, 0.717) is 6.42 Å². The number of carbonyl (C=O) groups excluding carboxylic acids is 1. The van der Waals surface area contributed by atoms with Crippen molar-refractivity contribution in [3.05, 3.63) is 119 Å². The van der Waals surface area contributed by atoms with Gasteiger partial charge in [-0.1, -0.05) is 91.0 Å². The SMILES string of the molecule is CC(C)=C=C(C[C@H](CC(=O)c1ccccc1)c1ccccc1)c1ccccc1. The molecule has 1 heteroatoms.